The first-order valence-electron chi connectivity index (χ1n) is 5.44. The molecule has 1 amide bonds. The first kappa shape index (κ1) is 14.0. The molecule has 0 spiro atoms. The molecule has 1 rings (SSSR count). The topological polar surface area (TPSA) is 78.9 Å². The van der Waals surface area contributed by atoms with Gasteiger partial charge in [-0.25, -0.2) is 4.39 Å². The molecule has 0 fully saturated rings. The van der Waals surface area contributed by atoms with E-state index in [0.717, 1.165) is 0 Å². The maximum Gasteiger partial charge on any atom is 0.256 e. The molecule has 0 radical (unpaired) electrons. The van der Waals surface area contributed by atoms with Crippen LogP contribution in [0.5, 0.6) is 0 Å². The fourth-order valence-corrected chi connectivity index (χ4v) is 1.53. The summed E-state index contributed by atoms with van der Waals surface area (Å²) in [7, 11) is 1.54. The van der Waals surface area contributed by atoms with E-state index in [9.17, 15) is 9.18 Å². The SMILES string of the molecule is CC(CN(C)C(=O)c1ccccc1F)/C(N)=N/O. The number of hydrogen-bond donors (Lipinski definition) is 2. The number of carbonyl (C=O) groups is 1. The fraction of sp³-hybridized carbons (Fsp3) is 0.333. The number of nitrogens with zero attached hydrogens (tertiary/aromatic N) is 2. The largest absolute Gasteiger partial charge is 0.409 e. The van der Waals surface area contributed by atoms with E-state index < -0.39 is 11.7 Å². The van der Waals surface area contributed by atoms with E-state index in [4.69, 9.17) is 10.9 Å². The Balaban J connectivity index is 2.77. The summed E-state index contributed by atoms with van der Waals surface area (Å²) < 4.78 is 13.4. The molecule has 1 aromatic rings. The third-order valence-corrected chi connectivity index (χ3v) is 2.62. The number of benzene rings is 1. The molecule has 0 bridgehead atoms. The van der Waals surface area contributed by atoms with Gasteiger partial charge < -0.3 is 15.8 Å². The molecule has 0 heterocycles. The van der Waals surface area contributed by atoms with Gasteiger partial charge >= 0.3 is 0 Å². The van der Waals surface area contributed by atoms with Crippen molar-refractivity contribution in [3.05, 3.63) is 35.6 Å². The van der Waals surface area contributed by atoms with Crippen molar-refractivity contribution in [2.24, 2.45) is 16.8 Å². The third-order valence-electron chi connectivity index (χ3n) is 2.62. The van der Waals surface area contributed by atoms with E-state index in [1.807, 2.05) is 0 Å². The lowest BCUT2D eigenvalue weighted by molar-refractivity contribution is 0.0781. The van der Waals surface area contributed by atoms with Crippen LogP contribution in [-0.2, 0) is 0 Å². The van der Waals surface area contributed by atoms with Gasteiger partial charge in [0.1, 0.15) is 11.7 Å². The number of oxime groups is 1. The minimum Gasteiger partial charge on any atom is -0.409 e. The van der Waals surface area contributed by atoms with Crippen LogP contribution < -0.4 is 5.73 Å². The Morgan fingerprint density at radius 1 is 1.56 bits per heavy atom. The number of amidine groups is 1. The standard InChI is InChI=1S/C12H16FN3O2/c1-8(11(14)15-18)7-16(2)12(17)9-5-3-4-6-10(9)13/h3-6,8,18H,7H2,1-2H3,(H2,14,15). The van der Waals surface area contributed by atoms with Gasteiger partial charge in [-0.2, -0.15) is 0 Å². The van der Waals surface area contributed by atoms with E-state index in [-0.39, 0.29) is 23.9 Å². The molecule has 1 atom stereocenters. The Labute approximate surface area is 105 Å². The second-order valence-corrected chi connectivity index (χ2v) is 4.09. The number of carbonyl (C=O) groups excluding carboxylic acids is 1. The van der Waals surface area contributed by atoms with Crippen LogP contribution in [0, 0.1) is 11.7 Å². The van der Waals surface area contributed by atoms with Crippen molar-refractivity contribution in [2.45, 2.75) is 6.92 Å². The Morgan fingerprint density at radius 2 is 2.17 bits per heavy atom. The van der Waals surface area contributed by atoms with Crippen LogP contribution >= 0.6 is 0 Å². The molecule has 18 heavy (non-hydrogen) atoms. The normalized spacial score (nSPS) is 13.2. The minimum atomic E-state index is -0.564. The van der Waals surface area contributed by atoms with E-state index in [0.29, 0.717) is 0 Å². The molecule has 0 saturated carbocycles. The number of amides is 1. The quantitative estimate of drug-likeness (QED) is 0.367. The second-order valence-electron chi connectivity index (χ2n) is 4.09. The van der Waals surface area contributed by atoms with Crippen molar-refractivity contribution in [1.29, 1.82) is 0 Å². The summed E-state index contributed by atoms with van der Waals surface area (Å²) >= 11 is 0. The van der Waals surface area contributed by atoms with Crippen molar-refractivity contribution in [3.63, 3.8) is 0 Å². The molecular formula is C12H16FN3O2. The summed E-state index contributed by atoms with van der Waals surface area (Å²) in [6.45, 7) is 1.95. The van der Waals surface area contributed by atoms with Gasteiger partial charge in [-0.15, -0.1) is 0 Å². The van der Waals surface area contributed by atoms with Crippen LogP contribution in [-0.4, -0.2) is 35.4 Å². The van der Waals surface area contributed by atoms with E-state index in [2.05, 4.69) is 5.16 Å². The smallest absolute Gasteiger partial charge is 0.256 e. The van der Waals surface area contributed by atoms with Crippen LogP contribution in [0.25, 0.3) is 0 Å². The van der Waals surface area contributed by atoms with Crippen molar-refractivity contribution in [3.8, 4) is 0 Å². The summed E-state index contributed by atoms with van der Waals surface area (Å²) in [6.07, 6.45) is 0. The molecule has 3 N–H and O–H groups in total. The van der Waals surface area contributed by atoms with Gasteiger partial charge in [-0.05, 0) is 12.1 Å². The van der Waals surface area contributed by atoms with Gasteiger partial charge in [-0.3, -0.25) is 4.79 Å². The maximum atomic E-state index is 13.4. The first-order chi connectivity index (χ1) is 8.47. The van der Waals surface area contributed by atoms with Crippen LogP contribution in [0.3, 0.4) is 0 Å². The molecule has 5 nitrogen and oxygen atoms in total. The highest BCUT2D eigenvalue weighted by Crippen LogP contribution is 2.10. The molecule has 1 aromatic carbocycles. The van der Waals surface area contributed by atoms with E-state index in [1.165, 1.54) is 30.1 Å². The summed E-state index contributed by atoms with van der Waals surface area (Å²) in [5.41, 5.74) is 5.43. The average molecular weight is 253 g/mol. The number of hydrogen-bond acceptors (Lipinski definition) is 3. The Morgan fingerprint density at radius 3 is 2.72 bits per heavy atom. The molecule has 0 aliphatic rings. The summed E-state index contributed by atoms with van der Waals surface area (Å²) in [5, 5.41) is 11.4. The van der Waals surface area contributed by atoms with Gasteiger partial charge in [0.25, 0.3) is 5.91 Å². The Hall–Kier alpha value is -2.11. The molecule has 0 aliphatic heterocycles. The van der Waals surface area contributed by atoms with Crippen molar-refractivity contribution >= 4 is 11.7 Å². The summed E-state index contributed by atoms with van der Waals surface area (Å²) in [5.74, 6) is -1.28. The lowest BCUT2D eigenvalue weighted by Gasteiger charge is -2.21. The molecule has 98 valence electrons. The zero-order chi connectivity index (χ0) is 13.7. The van der Waals surface area contributed by atoms with Gasteiger partial charge in [0, 0.05) is 19.5 Å². The van der Waals surface area contributed by atoms with Gasteiger partial charge in [0.05, 0.1) is 5.56 Å². The zero-order valence-electron chi connectivity index (χ0n) is 10.3. The highest BCUT2D eigenvalue weighted by atomic mass is 19.1. The molecular weight excluding hydrogens is 237 g/mol. The van der Waals surface area contributed by atoms with Crippen LogP contribution in [0.2, 0.25) is 0 Å². The van der Waals surface area contributed by atoms with Gasteiger partial charge in [-0.1, -0.05) is 24.2 Å². The van der Waals surface area contributed by atoms with E-state index in [1.54, 1.807) is 13.0 Å². The van der Waals surface area contributed by atoms with Gasteiger partial charge in [0.2, 0.25) is 0 Å². The minimum absolute atomic E-state index is 0.00621. The zero-order valence-corrected chi connectivity index (χ0v) is 10.3. The van der Waals surface area contributed by atoms with Crippen LogP contribution in [0.15, 0.2) is 29.4 Å². The molecule has 0 aromatic heterocycles. The maximum absolute atomic E-state index is 13.4. The molecule has 0 saturated heterocycles. The fourth-order valence-electron chi connectivity index (χ4n) is 1.53. The Kier molecular flexibility index (Phi) is 4.65. The number of nitrogens with two attached hydrogens (primary N) is 1. The third kappa shape index (κ3) is 3.19. The van der Waals surface area contributed by atoms with Crippen molar-refractivity contribution in [2.75, 3.05) is 13.6 Å². The van der Waals surface area contributed by atoms with Crippen LogP contribution in [0.4, 0.5) is 4.39 Å². The molecule has 6 heteroatoms. The van der Waals surface area contributed by atoms with Gasteiger partial charge in [0.15, 0.2) is 0 Å². The number of rotatable bonds is 4. The second kappa shape index (κ2) is 6.00. The molecule has 0 aliphatic carbocycles. The predicted molar refractivity (Wildman–Crippen MR) is 65.9 cm³/mol. The number of halogens is 1. The first-order valence-corrected chi connectivity index (χ1v) is 5.44. The molecule has 1 unspecified atom stereocenters. The monoisotopic (exact) mass is 253 g/mol. The van der Waals surface area contributed by atoms with E-state index >= 15 is 0 Å². The highest BCUT2D eigenvalue weighted by Gasteiger charge is 2.19. The summed E-state index contributed by atoms with van der Waals surface area (Å²) in [6, 6.07) is 5.76. The Bertz CT molecular complexity index is 462. The van der Waals surface area contributed by atoms with Crippen molar-refractivity contribution in [1.82, 2.24) is 4.90 Å². The highest BCUT2D eigenvalue weighted by molar-refractivity contribution is 5.94. The predicted octanol–water partition coefficient (Wildman–Crippen LogP) is 1.28. The average Bonchev–Trinajstić information content (AvgIpc) is 2.37. The van der Waals surface area contributed by atoms with Crippen molar-refractivity contribution < 1.29 is 14.4 Å². The summed E-state index contributed by atoms with van der Waals surface area (Å²) in [4.78, 5) is 13.3. The van der Waals surface area contributed by atoms with Crippen LogP contribution in [0.1, 0.15) is 17.3 Å². The lowest BCUT2D eigenvalue weighted by atomic mass is 10.1. The lowest BCUT2D eigenvalue weighted by Crippen LogP contribution is -2.36.